The first kappa shape index (κ1) is 18.1. The summed E-state index contributed by atoms with van der Waals surface area (Å²) >= 11 is 0. The number of aromatic carboxylic acids is 1. The van der Waals surface area contributed by atoms with Gasteiger partial charge in [-0.25, -0.2) is 10.3 Å². The zero-order valence-corrected chi connectivity index (χ0v) is 13.3. The van der Waals surface area contributed by atoms with Gasteiger partial charge in [-0.15, -0.1) is 0 Å². The number of carbonyl (C=O) groups excluding carboxylic acids is 1. The zero-order valence-electron chi connectivity index (χ0n) is 13.3. The maximum atomic E-state index is 11.5. The highest BCUT2D eigenvalue weighted by atomic mass is 16.5. The molecule has 0 spiro atoms. The Bertz CT molecular complexity index is 797. The van der Waals surface area contributed by atoms with Crippen LogP contribution in [0.1, 0.15) is 27.0 Å². The maximum Gasteiger partial charge on any atom is 0.335 e. The highest BCUT2D eigenvalue weighted by molar-refractivity contribution is 5.87. The predicted octanol–water partition coefficient (Wildman–Crippen LogP) is 1.76. The third-order valence-corrected chi connectivity index (χ3v) is 3.56. The van der Waals surface area contributed by atoms with E-state index in [0.717, 1.165) is 11.1 Å². The van der Waals surface area contributed by atoms with Crippen LogP contribution in [0.15, 0.2) is 48.5 Å². The van der Waals surface area contributed by atoms with Crippen molar-refractivity contribution in [1.29, 1.82) is 5.26 Å². The van der Waals surface area contributed by atoms with E-state index in [2.05, 4.69) is 0 Å². The molecule has 0 saturated heterocycles. The van der Waals surface area contributed by atoms with Crippen LogP contribution in [0.3, 0.4) is 0 Å². The van der Waals surface area contributed by atoms with Crippen molar-refractivity contribution in [3.05, 3.63) is 70.8 Å². The molecule has 0 aliphatic heterocycles. The third kappa shape index (κ3) is 5.42. The number of nitrogens with one attached hydrogen (secondary N) is 1. The summed E-state index contributed by atoms with van der Waals surface area (Å²) in [7, 11) is 0. The van der Waals surface area contributed by atoms with Crippen molar-refractivity contribution in [2.24, 2.45) is 0 Å². The highest BCUT2D eigenvalue weighted by Crippen LogP contribution is 2.13. The molecule has 0 atom stereocenters. The number of benzene rings is 2. The molecule has 2 aromatic rings. The molecule has 2 aromatic carbocycles. The van der Waals surface area contributed by atoms with Gasteiger partial charge in [-0.2, -0.15) is 5.26 Å². The van der Waals surface area contributed by atoms with Crippen LogP contribution in [0.5, 0.6) is 0 Å². The lowest BCUT2D eigenvalue weighted by atomic mass is 10.1. The van der Waals surface area contributed by atoms with Crippen molar-refractivity contribution in [3.8, 4) is 6.07 Å². The number of rotatable bonds is 7. The molecule has 7 nitrogen and oxygen atoms in total. The van der Waals surface area contributed by atoms with Crippen molar-refractivity contribution < 1.29 is 19.9 Å². The number of carboxylic acid groups (broad SMARTS) is 1. The Labute approximate surface area is 144 Å². The molecule has 0 fully saturated rings. The van der Waals surface area contributed by atoms with E-state index in [4.69, 9.17) is 15.6 Å². The largest absolute Gasteiger partial charge is 0.478 e. The summed E-state index contributed by atoms with van der Waals surface area (Å²) in [6.07, 6.45) is 0. The van der Waals surface area contributed by atoms with E-state index in [1.54, 1.807) is 52.8 Å². The van der Waals surface area contributed by atoms with Crippen LogP contribution in [0.4, 0.5) is 0 Å². The van der Waals surface area contributed by atoms with Gasteiger partial charge in [-0.1, -0.05) is 24.3 Å². The third-order valence-electron chi connectivity index (χ3n) is 3.56. The average Bonchev–Trinajstić information content (AvgIpc) is 2.62. The second-order valence-corrected chi connectivity index (χ2v) is 5.49. The second kappa shape index (κ2) is 8.59. The number of nitrogens with zero attached hydrogens (tertiary/aromatic N) is 2. The van der Waals surface area contributed by atoms with Crippen LogP contribution in [0.2, 0.25) is 0 Å². The molecule has 2 rings (SSSR count). The first-order valence-electron chi connectivity index (χ1n) is 7.48. The Hall–Kier alpha value is -3.21. The van der Waals surface area contributed by atoms with Crippen LogP contribution in [-0.4, -0.2) is 33.6 Å². The summed E-state index contributed by atoms with van der Waals surface area (Å²) in [4.78, 5) is 24.4. The van der Waals surface area contributed by atoms with E-state index in [0.29, 0.717) is 18.7 Å². The number of carbonyl (C=O) groups is 2. The molecule has 0 heterocycles. The molecule has 128 valence electrons. The number of nitriles is 1. The molecule has 0 unspecified atom stereocenters. The Morgan fingerprint density at radius 2 is 1.76 bits per heavy atom. The summed E-state index contributed by atoms with van der Waals surface area (Å²) in [6.45, 7) is 0.665. The second-order valence-electron chi connectivity index (χ2n) is 5.49. The Kier molecular flexibility index (Phi) is 6.23. The van der Waals surface area contributed by atoms with Gasteiger partial charge in [0.15, 0.2) is 0 Å². The first-order valence-corrected chi connectivity index (χ1v) is 7.48. The monoisotopic (exact) mass is 339 g/mol. The Balaban J connectivity index is 2.17. The standard InChI is InChI=1S/C18H17N3O4/c19-9-13-4-6-14(7-5-13)10-21(12-17(22)20-25)11-15-2-1-3-16(8-15)18(23)24/h1-8,25H,10-12H2,(H,20,22)(H,23,24). The van der Waals surface area contributed by atoms with Gasteiger partial charge in [0.1, 0.15) is 0 Å². The van der Waals surface area contributed by atoms with Gasteiger partial charge < -0.3 is 5.11 Å². The molecule has 0 aliphatic carbocycles. The minimum Gasteiger partial charge on any atom is -0.478 e. The number of hydrogen-bond acceptors (Lipinski definition) is 5. The molecule has 7 heteroatoms. The molecule has 0 saturated carbocycles. The van der Waals surface area contributed by atoms with Gasteiger partial charge >= 0.3 is 5.97 Å². The summed E-state index contributed by atoms with van der Waals surface area (Å²) in [6, 6.07) is 15.4. The quantitative estimate of drug-likeness (QED) is 0.523. The van der Waals surface area contributed by atoms with E-state index >= 15 is 0 Å². The van der Waals surface area contributed by atoms with Crippen molar-refractivity contribution in [2.45, 2.75) is 13.1 Å². The molecular weight excluding hydrogens is 322 g/mol. The fourth-order valence-electron chi connectivity index (χ4n) is 2.41. The van der Waals surface area contributed by atoms with Crippen LogP contribution in [-0.2, 0) is 17.9 Å². The molecule has 25 heavy (non-hydrogen) atoms. The highest BCUT2D eigenvalue weighted by Gasteiger charge is 2.13. The predicted molar refractivity (Wildman–Crippen MR) is 88.6 cm³/mol. The Morgan fingerprint density at radius 1 is 1.08 bits per heavy atom. The number of amides is 1. The molecule has 0 radical (unpaired) electrons. The first-order chi connectivity index (χ1) is 12.0. The van der Waals surface area contributed by atoms with Gasteiger partial charge in [-0.3, -0.25) is 14.9 Å². The van der Waals surface area contributed by atoms with Crippen molar-refractivity contribution in [3.63, 3.8) is 0 Å². The van der Waals surface area contributed by atoms with Crippen molar-refractivity contribution in [2.75, 3.05) is 6.54 Å². The lowest BCUT2D eigenvalue weighted by Crippen LogP contribution is -2.35. The summed E-state index contributed by atoms with van der Waals surface area (Å²) in [5.41, 5.74) is 3.93. The van der Waals surface area contributed by atoms with Crippen LogP contribution >= 0.6 is 0 Å². The smallest absolute Gasteiger partial charge is 0.335 e. The molecule has 3 N–H and O–H groups in total. The molecular formula is C18H17N3O4. The van der Waals surface area contributed by atoms with Gasteiger partial charge in [0.05, 0.1) is 23.7 Å². The lowest BCUT2D eigenvalue weighted by Gasteiger charge is -2.21. The van der Waals surface area contributed by atoms with E-state index in [1.807, 2.05) is 6.07 Å². The van der Waals surface area contributed by atoms with Crippen molar-refractivity contribution in [1.82, 2.24) is 10.4 Å². The normalized spacial score (nSPS) is 10.3. The fourth-order valence-corrected chi connectivity index (χ4v) is 2.41. The van der Waals surface area contributed by atoms with Gasteiger partial charge in [0.25, 0.3) is 5.91 Å². The fraction of sp³-hybridized carbons (Fsp3) is 0.167. The van der Waals surface area contributed by atoms with E-state index in [1.165, 1.54) is 6.07 Å². The average molecular weight is 339 g/mol. The maximum absolute atomic E-state index is 11.5. The summed E-state index contributed by atoms with van der Waals surface area (Å²) in [5, 5.41) is 26.7. The number of hydroxylamine groups is 1. The van der Waals surface area contributed by atoms with Gasteiger partial charge in [-0.05, 0) is 35.4 Å². The lowest BCUT2D eigenvalue weighted by molar-refractivity contribution is -0.130. The molecule has 1 amide bonds. The number of hydrogen-bond donors (Lipinski definition) is 3. The SMILES string of the molecule is N#Cc1ccc(CN(CC(=O)NO)Cc2cccc(C(=O)O)c2)cc1. The van der Waals surface area contributed by atoms with Crippen molar-refractivity contribution >= 4 is 11.9 Å². The molecule has 0 bridgehead atoms. The summed E-state index contributed by atoms with van der Waals surface area (Å²) in [5.74, 6) is -1.59. The molecule has 0 aliphatic rings. The summed E-state index contributed by atoms with van der Waals surface area (Å²) < 4.78 is 0. The van der Waals surface area contributed by atoms with E-state index < -0.39 is 11.9 Å². The number of carboxylic acids is 1. The van der Waals surface area contributed by atoms with Gasteiger partial charge in [0, 0.05) is 13.1 Å². The zero-order chi connectivity index (χ0) is 18.2. The molecule has 0 aromatic heterocycles. The van der Waals surface area contributed by atoms with Crippen LogP contribution in [0, 0.1) is 11.3 Å². The minimum atomic E-state index is -1.02. The Morgan fingerprint density at radius 3 is 2.36 bits per heavy atom. The van der Waals surface area contributed by atoms with Crippen LogP contribution in [0.25, 0.3) is 0 Å². The minimum absolute atomic E-state index is 0.0617. The van der Waals surface area contributed by atoms with E-state index in [9.17, 15) is 9.59 Å². The van der Waals surface area contributed by atoms with E-state index in [-0.39, 0.29) is 12.1 Å². The van der Waals surface area contributed by atoms with Gasteiger partial charge in [0.2, 0.25) is 0 Å². The van der Waals surface area contributed by atoms with Crippen LogP contribution < -0.4 is 5.48 Å². The topological polar surface area (TPSA) is 114 Å².